The first-order valence-electron chi connectivity index (χ1n) is 10.7. The van der Waals surface area contributed by atoms with Gasteiger partial charge >= 0.3 is 0 Å². The lowest BCUT2D eigenvalue weighted by molar-refractivity contribution is 0.135. The van der Waals surface area contributed by atoms with Gasteiger partial charge in [0, 0.05) is 26.7 Å². The van der Waals surface area contributed by atoms with Crippen LogP contribution >= 0.6 is 0 Å². The molecule has 0 saturated carbocycles. The molecular weight excluding hydrogens is 364 g/mol. The van der Waals surface area contributed by atoms with Gasteiger partial charge in [-0.3, -0.25) is 9.89 Å². The molecule has 3 rings (SSSR count). The second kappa shape index (κ2) is 12.3. The molecule has 1 unspecified atom stereocenters. The molecule has 0 spiro atoms. The van der Waals surface area contributed by atoms with Gasteiger partial charge in [0.05, 0.1) is 18.9 Å². The fourth-order valence-corrected chi connectivity index (χ4v) is 3.68. The van der Waals surface area contributed by atoms with Gasteiger partial charge in [-0.05, 0) is 56.5 Å². The summed E-state index contributed by atoms with van der Waals surface area (Å²) >= 11 is 0. The average molecular weight is 399 g/mol. The second-order valence-corrected chi connectivity index (χ2v) is 7.36. The molecule has 2 N–H and O–H groups in total. The summed E-state index contributed by atoms with van der Waals surface area (Å²) in [7, 11) is 1.81. The van der Waals surface area contributed by atoms with Crippen LogP contribution in [0.2, 0.25) is 0 Å². The number of nitrogens with one attached hydrogen (secondary N) is 2. The molecule has 1 fully saturated rings. The highest BCUT2D eigenvalue weighted by atomic mass is 16.5. The molecule has 1 aromatic carbocycles. The highest BCUT2D eigenvalue weighted by molar-refractivity contribution is 5.79. The van der Waals surface area contributed by atoms with E-state index in [4.69, 9.17) is 9.15 Å². The number of aliphatic imine (C=N–C) groups is 1. The Kier molecular flexibility index (Phi) is 9.07. The zero-order chi connectivity index (χ0) is 20.2. The molecule has 1 aromatic heterocycles. The number of rotatable bonds is 11. The molecule has 1 aliphatic rings. The molecule has 1 saturated heterocycles. The molecule has 1 atom stereocenters. The summed E-state index contributed by atoms with van der Waals surface area (Å²) in [5, 5.41) is 6.83. The maximum absolute atomic E-state index is 5.75. The van der Waals surface area contributed by atoms with Crippen molar-refractivity contribution in [2.24, 2.45) is 4.99 Å². The Hall–Kier alpha value is -2.31. The first-order chi connectivity index (χ1) is 14.4. The van der Waals surface area contributed by atoms with Gasteiger partial charge in [0.1, 0.15) is 5.76 Å². The summed E-state index contributed by atoms with van der Waals surface area (Å²) in [6.07, 6.45) is 6.18. The van der Waals surface area contributed by atoms with Gasteiger partial charge in [-0.25, -0.2) is 0 Å². The molecule has 6 heteroatoms. The second-order valence-electron chi connectivity index (χ2n) is 7.36. The van der Waals surface area contributed by atoms with Crippen LogP contribution in [0, 0.1) is 0 Å². The van der Waals surface area contributed by atoms with Crippen molar-refractivity contribution in [3.63, 3.8) is 0 Å². The Morgan fingerprint density at radius 3 is 2.66 bits per heavy atom. The van der Waals surface area contributed by atoms with Crippen LogP contribution in [0.5, 0.6) is 0 Å². The van der Waals surface area contributed by atoms with Gasteiger partial charge in [0.15, 0.2) is 5.96 Å². The van der Waals surface area contributed by atoms with Crippen LogP contribution in [0.25, 0.3) is 0 Å². The molecule has 0 radical (unpaired) electrons. The summed E-state index contributed by atoms with van der Waals surface area (Å²) in [5.74, 6) is 1.84. The predicted octanol–water partition coefficient (Wildman–Crippen LogP) is 3.23. The molecule has 2 heterocycles. The van der Waals surface area contributed by atoms with Crippen LogP contribution in [0.4, 0.5) is 0 Å². The monoisotopic (exact) mass is 398 g/mol. The lowest BCUT2D eigenvalue weighted by Gasteiger charge is -2.26. The minimum atomic E-state index is 0.243. The zero-order valence-corrected chi connectivity index (χ0v) is 17.5. The largest absolute Gasteiger partial charge is 0.468 e. The Bertz CT molecular complexity index is 697. The topological polar surface area (TPSA) is 62.0 Å². The highest BCUT2D eigenvalue weighted by Crippen LogP contribution is 2.24. The molecule has 0 amide bonds. The minimum absolute atomic E-state index is 0.243. The third-order valence-electron chi connectivity index (χ3n) is 5.28. The molecule has 6 nitrogen and oxygen atoms in total. The summed E-state index contributed by atoms with van der Waals surface area (Å²) in [4.78, 5) is 6.83. The summed E-state index contributed by atoms with van der Waals surface area (Å²) in [5.41, 5.74) is 1.32. The van der Waals surface area contributed by atoms with E-state index < -0.39 is 0 Å². The SMILES string of the molecule is CN=C(NCCCOCCc1ccccc1)NCC(c1ccco1)N1CCCC1. The van der Waals surface area contributed by atoms with E-state index >= 15 is 0 Å². The maximum atomic E-state index is 5.75. The van der Waals surface area contributed by atoms with E-state index in [9.17, 15) is 0 Å². The molecule has 0 bridgehead atoms. The highest BCUT2D eigenvalue weighted by Gasteiger charge is 2.25. The number of ether oxygens (including phenoxy) is 1. The Morgan fingerprint density at radius 2 is 1.93 bits per heavy atom. The van der Waals surface area contributed by atoms with Gasteiger partial charge in [-0.1, -0.05) is 30.3 Å². The lowest BCUT2D eigenvalue weighted by Crippen LogP contribution is -2.43. The van der Waals surface area contributed by atoms with Gasteiger partial charge in [0.25, 0.3) is 0 Å². The van der Waals surface area contributed by atoms with E-state index in [1.807, 2.05) is 19.2 Å². The van der Waals surface area contributed by atoms with E-state index in [2.05, 4.69) is 50.9 Å². The van der Waals surface area contributed by atoms with E-state index in [-0.39, 0.29) is 6.04 Å². The average Bonchev–Trinajstić information content (AvgIpc) is 3.47. The normalized spacial score (nSPS) is 16.1. The van der Waals surface area contributed by atoms with Crippen LogP contribution in [0.1, 0.15) is 36.6 Å². The van der Waals surface area contributed by atoms with E-state index in [1.54, 1.807) is 6.26 Å². The van der Waals surface area contributed by atoms with Gasteiger partial charge in [0.2, 0.25) is 0 Å². The van der Waals surface area contributed by atoms with Crippen molar-refractivity contribution in [1.82, 2.24) is 15.5 Å². The third kappa shape index (κ3) is 7.22. The Morgan fingerprint density at radius 1 is 1.10 bits per heavy atom. The van der Waals surface area contributed by atoms with Crippen molar-refractivity contribution in [1.29, 1.82) is 0 Å². The van der Waals surface area contributed by atoms with E-state index in [1.165, 1.54) is 18.4 Å². The van der Waals surface area contributed by atoms with E-state index in [0.717, 1.165) is 64.0 Å². The van der Waals surface area contributed by atoms with Crippen molar-refractivity contribution in [2.45, 2.75) is 31.7 Å². The van der Waals surface area contributed by atoms with Crippen LogP contribution in [0.3, 0.4) is 0 Å². The van der Waals surface area contributed by atoms with Crippen molar-refractivity contribution in [2.75, 3.05) is 46.4 Å². The standard InChI is InChI=1S/C23H34N4O2/c1-24-23(25-13-8-16-28-18-12-20-9-3-2-4-10-20)26-19-21(22-11-7-17-29-22)27-14-5-6-15-27/h2-4,7,9-11,17,21H,5-6,8,12-16,18-19H2,1H3,(H2,24,25,26). The molecule has 29 heavy (non-hydrogen) atoms. The quantitative estimate of drug-likeness (QED) is 0.346. The number of likely N-dealkylation sites (tertiary alicyclic amines) is 1. The molecule has 158 valence electrons. The van der Waals surface area contributed by atoms with Gasteiger partial charge < -0.3 is 19.8 Å². The molecule has 2 aromatic rings. The number of nitrogens with zero attached hydrogens (tertiary/aromatic N) is 2. The van der Waals surface area contributed by atoms with Crippen molar-refractivity contribution >= 4 is 5.96 Å². The fourth-order valence-electron chi connectivity index (χ4n) is 3.68. The van der Waals surface area contributed by atoms with Crippen LogP contribution < -0.4 is 10.6 Å². The smallest absolute Gasteiger partial charge is 0.191 e. The van der Waals surface area contributed by atoms with Crippen LogP contribution in [-0.2, 0) is 11.2 Å². The zero-order valence-electron chi connectivity index (χ0n) is 17.5. The van der Waals surface area contributed by atoms with Crippen molar-refractivity contribution < 1.29 is 9.15 Å². The summed E-state index contributed by atoms with van der Waals surface area (Å²) < 4.78 is 11.4. The van der Waals surface area contributed by atoms with Crippen molar-refractivity contribution in [3.8, 4) is 0 Å². The predicted molar refractivity (Wildman–Crippen MR) is 117 cm³/mol. The fraction of sp³-hybridized carbons (Fsp3) is 0.522. The van der Waals surface area contributed by atoms with Gasteiger partial charge in [-0.15, -0.1) is 0 Å². The van der Waals surface area contributed by atoms with Crippen LogP contribution in [-0.4, -0.2) is 57.3 Å². The number of hydrogen-bond acceptors (Lipinski definition) is 4. The maximum Gasteiger partial charge on any atom is 0.191 e. The lowest BCUT2D eigenvalue weighted by atomic mass is 10.2. The first kappa shape index (κ1) is 21.4. The van der Waals surface area contributed by atoms with Crippen molar-refractivity contribution in [3.05, 3.63) is 60.1 Å². The number of furan rings is 1. The summed E-state index contributed by atoms with van der Waals surface area (Å²) in [6, 6.07) is 14.7. The Balaban J connectivity index is 1.31. The number of hydrogen-bond donors (Lipinski definition) is 2. The first-order valence-corrected chi connectivity index (χ1v) is 10.7. The molecular formula is C23H34N4O2. The van der Waals surface area contributed by atoms with Gasteiger partial charge in [-0.2, -0.15) is 0 Å². The third-order valence-corrected chi connectivity index (χ3v) is 5.28. The van der Waals surface area contributed by atoms with Crippen LogP contribution in [0.15, 0.2) is 58.1 Å². The minimum Gasteiger partial charge on any atom is -0.468 e. The Labute approximate surface area is 174 Å². The molecule has 0 aliphatic carbocycles. The van der Waals surface area contributed by atoms with E-state index in [0.29, 0.717) is 0 Å². The number of guanidine groups is 1. The number of benzene rings is 1. The molecule has 1 aliphatic heterocycles. The summed E-state index contributed by atoms with van der Waals surface area (Å²) in [6.45, 7) is 5.37.